The lowest BCUT2D eigenvalue weighted by atomic mass is 10.1. The maximum atomic E-state index is 13.2. The summed E-state index contributed by atoms with van der Waals surface area (Å²) in [5.74, 6) is 0. The predicted molar refractivity (Wildman–Crippen MR) is 111 cm³/mol. The molecule has 3 aromatic carbocycles. The van der Waals surface area contributed by atoms with Gasteiger partial charge < -0.3 is 10.8 Å². The quantitative estimate of drug-likeness (QED) is 0.559. The average molecular weight is 413 g/mol. The highest BCUT2D eigenvalue weighted by Gasteiger charge is 2.34. The predicted octanol–water partition coefficient (Wildman–Crippen LogP) is 3.36. The molecule has 2 unspecified atom stereocenters. The fourth-order valence-corrected chi connectivity index (χ4v) is 6.00. The number of benzene rings is 3. The molecule has 28 heavy (non-hydrogen) atoms. The molecule has 1 aliphatic carbocycles. The Hall–Kier alpha value is -2.32. The van der Waals surface area contributed by atoms with E-state index in [1.165, 1.54) is 11.8 Å². The molecular formula is C21H20N2O3S2. The number of nitrogens with one attached hydrogen (secondary N) is 1. The number of aliphatic hydroxyl groups is 1. The van der Waals surface area contributed by atoms with Gasteiger partial charge in [-0.3, -0.25) is 0 Å². The first-order valence-corrected chi connectivity index (χ1v) is 11.1. The van der Waals surface area contributed by atoms with Crippen LogP contribution in [0.4, 0.5) is 5.69 Å². The van der Waals surface area contributed by atoms with Crippen molar-refractivity contribution in [1.82, 2.24) is 4.72 Å². The Morgan fingerprint density at radius 3 is 2.43 bits per heavy atom. The number of nitrogens with two attached hydrogens (primary N) is 1. The van der Waals surface area contributed by atoms with Gasteiger partial charge in [-0.2, -0.15) is 0 Å². The Labute approximate surface area is 168 Å². The summed E-state index contributed by atoms with van der Waals surface area (Å²) in [4.78, 5) is 1.69. The topological polar surface area (TPSA) is 92.4 Å². The lowest BCUT2D eigenvalue weighted by Crippen LogP contribution is -2.34. The number of sulfonamides is 1. The Bertz CT molecular complexity index is 1100. The standard InChI is InChI=1S/C21H20N2O3S2/c22-15-9-11-16(12-10-15)27-19-7-3-4-8-20(19)28(25,26)23-21-17-6-2-1-5-14(17)13-18(21)24/h1-12,18,21,23-24H,13,22H2. The molecule has 0 saturated carbocycles. The second kappa shape index (κ2) is 7.60. The van der Waals surface area contributed by atoms with E-state index >= 15 is 0 Å². The molecule has 0 aliphatic heterocycles. The number of aliphatic hydroxyl groups excluding tert-OH is 1. The molecule has 4 N–H and O–H groups in total. The highest BCUT2D eigenvalue weighted by atomic mass is 32.2. The fraction of sp³-hybridized carbons (Fsp3) is 0.143. The van der Waals surface area contributed by atoms with E-state index in [1.54, 1.807) is 36.4 Å². The third-order valence-corrected chi connectivity index (χ3v) is 7.44. The maximum Gasteiger partial charge on any atom is 0.242 e. The molecule has 144 valence electrons. The SMILES string of the molecule is Nc1ccc(Sc2ccccc2S(=O)(=O)NC2c3ccccc3CC2O)cc1. The molecule has 5 nitrogen and oxygen atoms in total. The van der Waals surface area contributed by atoms with E-state index in [4.69, 9.17) is 5.73 Å². The van der Waals surface area contributed by atoms with E-state index in [0.717, 1.165) is 16.0 Å². The third kappa shape index (κ3) is 3.79. The molecule has 0 aromatic heterocycles. The molecule has 4 rings (SSSR count). The second-order valence-corrected chi connectivity index (χ2v) is 9.48. The summed E-state index contributed by atoms with van der Waals surface area (Å²) in [6.45, 7) is 0. The van der Waals surface area contributed by atoms with Gasteiger partial charge in [-0.25, -0.2) is 13.1 Å². The van der Waals surface area contributed by atoms with Gasteiger partial charge in [0.2, 0.25) is 10.0 Å². The molecule has 7 heteroatoms. The van der Waals surface area contributed by atoms with Gasteiger partial charge in [0.25, 0.3) is 0 Å². The van der Waals surface area contributed by atoms with Crippen LogP contribution in [0, 0.1) is 0 Å². The molecule has 3 aromatic rings. The average Bonchev–Trinajstić information content (AvgIpc) is 2.99. The Kier molecular flexibility index (Phi) is 5.16. The maximum absolute atomic E-state index is 13.2. The molecule has 0 saturated heterocycles. The van der Waals surface area contributed by atoms with E-state index in [2.05, 4.69) is 4.72 Å². The minimum Gasteiger partial charge on any atom is -0.399 e. The molecule has 1 aliphatic rings. The summed E-state index contributed by atoms with van der Waals surface area (Å²) in [5.41, 5.74) is 8.16. The summed E-state index contributed by atoms with van der Waals surface area (Å²) < 4.78 is 29.0. The number of nitrogen functional groups attached to an aromatic ring is 1. The van der Waals surface area contributed by atoms with Crippen LogP contribution in [0.5, 0.6) is 0 Å². The van der Waals surface area contributed by atoms with Gasteiger partial charge in [0, 0.05) is 21.9 Å². The lowest BCUT2D eigenvalue weighted by molar-refractivity contribution is 0.151. The first-order valence-electron chi connectivity index (χ1n) is 8.85. The monoisotopic (exact) mass is 412 g/mol. The zero-order valence-electron chi connectivity index (χ0n) is 14.9. The summed E-state index contributed by atoms with van der Waals surface area (Å²) >= 11 is 1.36. The minimum absolute atomic E-state index is 0.188. The highest BCUT2D eigenvalue weighted by Crippen LogP contribution is 2.36. The van der Waals surface area contributed by atoms with Crippen LogP contribution in [0.15, 0.2) is 87.5 Å². The van der Waals surface area contributed by atoms with Crippen molar-refractivity contribution < 1.29 is 13.5 Å². The van der Waals surface area contributed by atoms with Crippen molar-refractivity contribution in [2.75, 3.05) is 5.73 Å². The van der Waals surface area contributed by atoms with E-state index in [9.17, 15) is 13.5 Å². The largest absolute Gasteiger partial charge is 0.399 e. The molecule has 2 atom stereocenters. The normalized spacial score (nSPS) is 18.8. The lowest BCUT2D eigenvalue weighted by Gasteiger charge is -2.19. The van der Waals surface area contributed by atoms with Crippen molar-refractivity contribution in [3.05, 3.63) is 83.9 Å². The van der Waals surface area contributed by atoms with Crippen LogP contribution in [0.2, 0.25) is 0 Å². The summed E-state index contributed by atoms with van der Waals surface area (Å²) in [6.07, 6.45) is -0.352. The van der Waals surface area contributed by atoms with Crippen LogP contribution in [-0.2, 0) is 16.4 Å². The Morgan fingerprint density at radius 1 is 0.964 bits per heavy atom. The van der Waals surface area contributed by atoms with Crippen LogP contribution >= 0.6 is 11.8 Å². The first kappa shape index (κ1) is 19.0. The van der Waals surface area contributed by atoms with Crippen molar-refractivity contribution in [2.45, 2.75) is 33.3 Å². The van der Waals surface area contributed by atoms with E-state index < -0.39 is 22.2 Å². The van der Waals surface area contributed by atoms with Crippen molar-refractivity contribution >= 4 is 27.5 Å². The van der Waals surface area contributed by atoms with Gasteiger partial charge in [-0.1, -0.05) is 48.2 Å². The van der Waals surface area contributed by atoms with Crippen LogP contribution in [0.1, 0.15) is 17.2 Å². The minimum atomic E-state index is -3.83. The number of hydrogen-bond acceptors (Lipinski definition) is 5. The molecular weight excluding hydrogens is 392 g/mol. The first-order chi connectivity index (χ1) is 13.4. The van der Waals surface area contributed by atoms with Gasteiger partial charge in [-0.05, 0) is 47.5 Å². The highest BCUT2D eigenvalue weighted by molar-refractivity contribution is 8.00. The second-order valence-electron chi connectivity index (χ2n) is 6.69. The van der Waals surface area contributed by atoms with Crippen LogP contribution in [-0.4, -0.2) is 19.6 Å². The van der Waals surface area contributed by atoms with Crippen LogP contribution < -0.4 is 10.5 Å². The fourth-order valence-electron chi connectivity index (χ4n) is 3.37. The summed E-state index contributed by atoms with van der Waals surface area (Å²) in [5, 5.41) is 10.4. The van der Waals surface area contributed by atoms with Crippen LogP contribution in [0.25, 0.3) is 0 Å². The number of anilines is 1. The molecule has 0 spiro atoms. The third-order valence-electron chi connectivity index (χ3n) is 4.73. The van der Waals surface area contributed by atoms with Gasteiger partial charge in [0.15, 0.2) is 0 Å². The Morgan fingerprint density at radius 2 is 1.64 bits per heavy atom. The van der Waals surface area contributed by atoms with E-state index in [-0.39, 0.29) is 4.90 Å². The zero-order chi connectivity index (χ0) is 19.7. The number of hydrogen-bond donors (Lipinski definition) is 3. The van der Waals surface area contributed by atoms with Gasteiger partial charge in [0.1, 0.15) is 0 Å². The van der Waals surface area contributed by atoms with Crippen molar-refractivity contribution in [3.63, 3.8) is 0 Å². The molecule has 0 bridgehead atoms. The number of fused-ring (bicyclic) bond motifs is 1. The van der Waals surface area contributed by atoms with Crippen molar-refractivity contribution in [2.24, 2.45) is 0 Å². The Balaban J connectivity index is 1.64. The summed E-state index contributed by atoms with van der Waals surface area (Å²) in [6, 6.07) is 21.0. The van der Waals surface area contributed by atoms with E-state index in [0.29, 0.717) is 17.0 Å². The van der Waals surface area contributed by atoms with Gasteiger partial charge >= 0.3 is 0 Å². The summed E-state index contributed by atoms with van der Waals surface area (Å²) in [7, 11) is -3.83. The molecule has 0 amide bonds. The molecule has 0 heterocycles. The van der Waals surface area contributed by atoms with Gasteiger partial charge in [0.05, 0.1) is 17.0 Å². The van der Waals surface area contributed by atoms with E-state index in [1.807, 2.05) is 36.4 Å². The zero-order valence-corrected chi connectivity index (χ0v) is 16.6. The molecule has 0 radical (unpaired) electrons. The van der Waals surface area contributed by atoms with Crippen molar-refractivity contribution in [1.29, 1.82) is 0 Å². The smallest absolute Gasteiger partial charge is 0.242 e. The number of rotatable bonds is 5. The molecule has 0 fully saturated rings. The van der Waals surface area contributed by atoms with Crippen molar-refractivity contribution in [3.8, 4) is 0 Å². The van der Waals surface area contributed by atoms with Crippen LogP contribution in [0.3, 0.4) is 0 Å². The van der Waals surface area contributed by atoms with Gasteiger partial charge in [-0.15, -0.1) is 0 Å².